The molecule has 0 radical (unpaired) electrons. The summed E-state index contributed by atoms with van der Waals surface area (Å²) in [6.45, 7) is 7.27. The Morgan fingerprint density at radius 2 is 1.79 bits per heavy atom. The van der Waals surface area contributed by atoms with Crippen LogP contribution in [0, 0.1) is 6.92 Å². The zero-order valence-corrected chi connectivity index (χ0v) is 8.87. The molecule has 1 aromatic heterocycles. The van der Waals surface area contributed by atoms with E-state index in [4.69, 9.17) is 4.74 Å². The van der Waals surface area contributed by atoms with Crippen molar-refractivity contribution in [2.75, 3.05) is 0 Å². The number of aryl methyl sites for hydroxylation is 1. The van der Waals surface area contributed by atoms with Crippen LogP contribution in [0.4, 0.5) is 0 Å². The molecule has 0 amide bonds. The van der Waals surface area contributed by atoms with E-state index in [1.165, 1.54) is 0 Å². The number of hydrogen-bond donors (Lipinski definition) is 0. The number of rotatable bonds is 1. The summed E-state index contributed by atoms with van der Waals surface area (Å²) in [6.07, 6.45) is 3.18. The van der Waals surface area contributed by atoms with Gasteiger partial charge in [0.2, 0.25) is 5.82 Å². The van der Waals surface area contributed by atoms with Crippen molar-refractivity contribution >= 4 is 5.97 Å². The maximum atomic E-state index is 11.4. The van der Waals surface area contributed by atoms with E-state index in [0.717, 1.165) is 5.56 Å². The summed E-state index contributed by atoms with van der Waals surface area (Å²) in [7, 11) is 0. The molecular formula is C10H14N2O2. The van der Waals surface area contributed by atoms with E-state index in [0.29, 0.717) is 0 Å². The van der Waals surface area contributed by atoms with Gasteiger partial charge in [-0.25, -0.2) is 14.8 Å². The number of esters is 1. The van der Waals surface area contributed by atoms with Gasteiger partial charge in [0.25, 0.3) is 0 Å². The maximum Gasteiger partial charge on any atom is 0.376 e. The van der Waals surface area contributed by atoms with Crippen LogP contribution in [0.25, 0.3) is 0 Å². The fourth-order valence-corrected chi connectivity index (χ4v) is 0.822. The van der Waals surface area contributed by atoms with Crippen molar-refractivity contribution in [1.29, 1.82) is 0 Å². The lowest BCUT2D eigenvalue weighted by Gasteiger charge is -2.18. The minimum Gasteiger partial charge on any atom is -0.454 e. The SMILES string of the molecule is Cc1cnc(C(=O)OC(C)(C)C)nc1. The second-order valence-electron chi connectivity index (χ2n) is 4.09. The topological polar surface area (TPSA) is 52.1 Å². The molecule has 1 aromatic rings. The van der Waals surface area contributed by atoms with Crippen LogP contribution in [-0.4, -0.2) is 21.5 Å². The van der Waals surface area contributed by atoms with Gasteiger partial charge in [0.1, 0.15) is 5.60 Å². The summed E-state index contributed by atoms with van der Waals surface area (Å²) in [5, 5.41) is 0. The van der Waals surface area contributed by atoms with Crippen molar-refractivity contribution in [2.24, 2.45) is 0 Å². The average Bonchev–Trinajstić information content (AvgIpc) is 2.02. The molecule has 0 aliphatic heterocycles. The molecule has 14 heavy (non-hydrogen) atoms. The molecule has 0 N–H and O–H groups in total. The van der Waals surface area contributed by atoms with Crippen molar-refractivity contribution < 1.29 is 9.53 Å². The Bertz CT molecular complexity index is 325. The molecule has 1 heterocycles. The summed E-state index contributed by atoms with van der Waals surface area (Å²) in [5.74, 6) is -0.386. The molecule has 4 nitrogen and oxygen atoms in total. The smallest absolute Gasteiger partial charge is 0.376 e. The minimum atomic E-state index is -0.509. The number of carbonyl (C=O) groups is 1. The number of ether oxygens (including phenoxy) is 1. The summed E-state index contributed by atoms with van der Waals surface area (Å²) in [6, 6.07) is 0. The summed E-state index contributed by atoms with van der Waals surface area (Å²) >= 11 is 0. The quantitative estimate of drug-likeness (QED) is 0.639. The fraction of sp³-hybridized carbons (Fsp3) is 0.500. The predicted octanol–water partition coefficient (Wildman–Crippen LogP) is 1.74. The largest absolute Gasteiger partial charge is 0.454 e. The number of nitrogens with zero attached hydrogens (tertiary/aromatic N) is 2. The monoisotopic (exact) mass is 194 g/mol. The maximum absolute atomic E-state index is 11.4. The van der Waals surface area contributed by atoms with Crippen LogP contribution >= 0.6 is 0 Å². The molecule has 0 aliphatic carbocycles. The zero-order chi connectivity index (χ0) is 10.8. The van der Waals surface area contributed by atoms with Crippen LogP contribution in [0.2, 0.25) is 0 Å². The molecule has 0 unspecified atom stereocenters. The Morgan fingerprint density at radius 1 is 1.29 bits per heavy atom. The molecule has 0 saturated carbocycles. The molecule has 0 atom stereocenters. The second kappa shape index (κ2) is 3.74. The standard InChI is InChI=1S/C10H14N2O2/c1-7-5-11-8(12-6-7)9(13)14-10(2,3)4/h5-6H,1-4H3. The molecule has 0 aromatic carbocycles. The van der Waals surface area contributed by atoms with E-state index >= 15 is 0 Å². The highest BCUT2D eigenvalue weighted by Gasteiger charge is 2.19. The van der Waals surface area contributed by atoms with Gasteiger partial charge in [0.05, 0.1) is 0 Å². The van der Waals surface area contributed by atoms with Gasteiger partial charge in [0, 0.05) is 12.4 Å². The third-order valence-electron chi connectivity index (χ3n) is 1.36. The van der Waals surface area contributed by atoms with Gasteiger partial charge < -0.3 is 4.74 Å². The lowest BCUT2D eigenvalue weighted by molar-refractivity contribution is 0.00555. The first-order valence-corrected chi connectivity index (χ1v) is 4.40. The Hall–Kier alpha value is -1.45. The molecule has 0 fully saturated rings. The zero-order valence-electron chi connectivity index (χ0n) is 8.87. The first-order chi connectivity index (χ1) is 6.38. The van der Waals surface area contributed by atoms with Crippen molar-refractivity contribution in [3.8, 4) is 0 Å². The number of aromatic nitrogens is 2. The lowest BCUT2D eigenvalue weighted by Crippen LogP contribution is -2.25. The summed E-state index contributed by atoms with van der Waals surface area (Å²) < 4.78 is 5.10. The van der Waals surface area contributed by atoms with Crippen LogP contribution in [0.15, 0.2) is 12.4 Å². The van der Waals surface area contributed by atoms with Gasteiger partial charge in [-0.2, -0.15) is 0 Å². The molecule has 0 saturated heterocycles. The highest BCUT2D eigenvalue weighted by molar-refractivity contribution is 5.85. The highest BCUT2D eigenvalue weighted by Crippen LogP contribution is 2.09. The van der Waals surface area contributed by atoms with Crippen LogP contribution in [0.5, 0.6) is 0 Å². The third-order valence-corrected chi connectivity index (χ3v) is 1.36. The molecule has 76 valence electrons. The highest BCUT2D eigenvalue weighted by atomic mass is 16.6. The van der Waals surface area contributed by atoms with E-state index in [1.54, 1.807) is 33.2 Å². The van der Waals surface area contributed by atoms with Gasteiger partial charge >= 0.3 is 5.97 Å². The van der Waals surface area contributed by atoms with E-state index < -0.39 is 11.6 Å². The van der Waals surface area contributed by atoms with E-state index in [9.17, 15) is 4.79 Å². The molecule has 0 bridgehead atoms. The normalized spacial score (nSPS) is 11.1. The van der Waals surface area contributed by atoms with Gasteiger partial charge in [-0.15, -0.1) is 0 Å². The van der Waals surface area contributed by atoms with E-state index in [1.807, 2.05) is 6.92 Å². The summed E-state index contributed by atoms with van der Waals surface area (Å²) in [4.78, 5) is 19.2. The van der Waals surface area contributed by atoms with Gasteiger partial charge in [0.15, 0.2) is 0 Å². The van der Waals surface area contributed by atoms with Gasteiger partial charge in [-0.3, -0.25) is 0 Å². The molecular weight excluding hydrogens is 180 g/mol. The van der Waals surface area contributed by atoms with Crippen LogP contribution < -0.4 is 0 Å². The van der Waals surface area contributed by atoms with E-state index in [2.05, 4.69) is 9.97 Å². The fourth-order valence-electron chi connectivity index (χ4n) is 0.822. The van der Waals surface area contributed by atoms with Gasteiger partial charge in [-0.1, -0.05) is 0 Å². The second-order valence-corrected chi connectivity index (χ2v) is 4.09. The van der Waals surface area contributed by atoms with Crippen molar-refractivity contribution in [3.63, 3.8) is 0 Å². The third kappa shape index (κ3) is 3.12. The Labute approximate surface area is 83.3 Å². The van der Waals surface area contributed by atoms with E-state index in [-0.39, 0.29) is 5.82 Å². The summed E-state index contributed by atoms with van der Waals surface area (Å²) in [5.41, 5.74) is 0.406. The average molecular weight is 194 g/mol. The van der Waals surface area contributed by atoms with Crippen LogP contribution in [0.1, 0.15) is 37.0 Å². The molecule has 4 heteroatoms. The first kappa shape index (κ1) is 10.6. The number of hydrogen-bond acceptors (Lipinski definition) is 4. The predicted molar refractivity (Wildman–Crippen MR) is 51.9 cm³/mol. The lowest BCUT2D eigenvalue weighted by atomic mass is 10.2. The Morgan fingerprint density at radius 3 is 2.21 bits per heavy atom. The van der Waals surface area contributed by atoms with Gasteiger partial charge in [-0.05, 0) is 33.3 Å². The van der Waals surface area contributed by atoms with Crippen molar-refractivity contribution in [2.45, 2.75) is 33.3 Å². The minimum absolute atomic E-state index is 0.102. The Balaban J connectivity index is 2.76. The van der Waals surface area contributed by atoms with Crippen LogP contribution in [0.3, 0.4) is 0 Å². The van der Waals surface area contributed by atoms with Crippen molar-refractivity contribution in [3.05, 3.63) is 23.8 Å². The molecule has 0 spiro atoms. The Kier molecular flexibility index (Phi) is 2.84. The van der Waals surface area contributed by atoms with Crippen molar-refractivity contribution in [1.82, 2.24) is 9.97 Å². The first-order valence-electron chi connectivity index (χ1n) is 4.40. The number of carbonyl (C=O) groups excluding carboxylic acids is 1. The molecule has 1 rings (SSSR count). The molecule has 0 aliphatic rings. The van der Waals surface area contributed by atoms with Crippen LogP contribution in [-0.2, 0) is 4.74 Å².